The minimum atomic E-state index is -0.232. The largest absolute Gasteiger partial charge is 0.354 e. The molecule has 1 saturated carbocycles. The molecule has 29 heavy (non-hydrogen) atoms. The van der Waals surface area contributed by atoms with Crippen molar-refractivity contribution in [2.75, 3.05) is 26.2 Å². The van der Waals surface area contributed by atoms with Gasteiger partial charge in [-0.25, -0.2) is 0 Å². The SMILES string of the molecule is CC(=O)NCC(=O)N1C[C@H]2C[C@@H](C1)[C@H](CNC(=O)C1CCC1)n1c2cccc1=O. The van der Waals surface area contributed by atoms with Gasteiger partial charge >= 0.3 is 0 Å². The molecule has 0 aromatic carbocycles. The number of pyridine rings is 1. The van der Waals surface area contributed by atoms with E-state index in [4.69, 9.17) is 0 Å². The topological polar surface area (TPSA) is 101 Å². The average molecular weight is 400 g/mol. The standard InChI is InChI=1S/C21H28N4O4/c1-13(26)22-10-20(28)24-11-15-8-16(12-24)18(9-23-21(29)14-4-2-5-14)25-17(15)6-3-7-19(25)27/h3,6-7,14-16,18H,2,4-5,8-12H2,1H3,(H,22,26)(H,23,29)/t15-,16+,18+/m1/s1. The summed E-state index contributed by atoms with van der Waals surface area (Å²) < 4.78 is 1.83. The molecule has 0 spiro atoms. The fraction of sp³-hybridized carbons (Fsp3) is 0.619. The second kappa shape index (κ2) is 8.00. The quantitative estimate of drug-likeness (QED) is 0.747. The lowest BCUT2D eigenvalue weighted by atomic mass is 9.78. The Hall–Kier alpha value is -2.64. The number of amides is 3. The number of nitrogens with one attached hydrogen (secondary N) is 2. The number of hydrogen-bond acceptors (Lipinski definition) is 4. The van der Waals surface area contributed by atoms with Crippen LogP contribution in [0.1, 0.15) is 50.3 Å². The number of fused-ring (bicyclic) bond motifs is 4. The Kier molecular flexibility index (Phi) is 5.43. The number of carbonyl (C=O) groups excluding carboxylic acids is 3. The first-order valence-corrected chi connectivity index (χ1v) is 10.5. The van der Waals surface area contributed by atoms with Gasteiger partial charge in [0.15, 0.2) is 0 Å². The molecule has 2 aliphatic heterocycles. The molecule has 2 N–H and O–H groups in total. The van der Waals surface area contributed by atoms with Gasteiger partial charge in [-0.1, -0.05) is 12.5 Å². The lowest BCUT2D eigenvalue weighted by Gasteiger charge is -2.47. The fourth-order valence-corrected chi connectivity index (χ4v) is 4.84. The Balaban J connectivity index is 1.55. The number of piperidine rings is 1. The average Bonchev–Trinajstić information content (AvgIpc) is 2.65. The summed E-state index contributed by atoms with van der Waals surface area (Å²) in [7, 11) is 0. The molecule has 1 aromatic rings. The maximum absolute atomic E-state index is 12.7. The third kappa shape index (κ3) is 3.93. The zero-order valence-corrected chi connectivity index (χ0v) is 16.7. The highest BCUT2D eigenvalue weighted by Gasteiger charge is 2.42. The number of nitrogens with zero attached hydrogens (tertiary/aromatic N) is 2. The predicted molar refractivity (Wildman–Crippen MR) is 106 cm³/mol. The summed E-state index contributed by atoms with van der Waals surface area (Å²) >= 11 is 0. The Labute approximate surface area is 169 Å². The van der Waals surface area contributed by atoms with Crippen molar-refractivity contribution >= 4 is 17.7 Å². The third-order valence-corrected chi connectivity index (χ3v) is 6.60. The molecule has 3 amide bonds. The Morgan fingerprint density at radius 3 is 2.62 bits per heavy atom. The van der Waals surface area contributed by atoms with E-state index in [9.17, 15) is 19.2 Å². The van der Waals surface area contributed by atoms with E-state index in [1.807, 2.05) is 10.6 Å². The molecule has 1 saturated heterocycles. The molecule has 3 aliphatic rings. The van der Waals surface area contributed by atoms with Crippen LogP contribution in [0, 0.1) is 11.8 Å². The summed E-state index contributed by atoms with van der Waals surface area (Å²) in [6.45, 7) is 2.84. The van der Waals surface area contributed by atoms with Crippen LogP contribution >= 0.6 is 0 Å². The summed E-state index contributed by atoms with van der Waals surface area (Å²) in [4.78, 5) is 50.6. The van der Waals surface area contributed by atoms with Gasteiger partial charge in [0.2, 0.25) is 17.7 Å². The van der Waals surface area contributed by atoms with Crippen molar-refractivity contribution in [3.63, 3.8) is 0 Å². The van der Waals surface area contributed by atoms with Crippen LogP contribution in [0.4, 0.5) is 0 Å². The maximum atomic E-state index is 12.7. The van der Waals surface area contributed by atoms with Crippen LogP contribution in [0.25, 0.3) is 0 Å². The van der Waals surface area contributed by atoms with Crippen LogP contribution in [0.15, 0.2) is 23.0 Å². The predicted octanol–water partition coefficient (Wildman–Crippen LogP) is 0.388. The van der Waals surface area contributed by atoms with Crippen LogP contribution in [-0.4, -0.2) is 53.4 Å². The first-order chi connectivity index (χ1) is 13.9. The molecule has 1 aromatic heterocycles. The van der Waals surface area contributed by atoms with Gasteiger partial charge in [0.1, 0.15) is 0 Å². The minimum absolute atomic E-state index is 0.0144. The van der Waals surface area contributed by atoms with Gasteiger partial charge in [-0.15, -0.1) is 0 Å². The highest BCUT2D eigenvalue weighted by Crippen LogP contribution is 2.41. The smallest absolute Gasteiger partial charge is 0.251 e. The van der Waals surface area contributed by atoms with E-state index in [0.29, 0.717) is 19.6 Å². The van der Waals surface area contributed by atoms with Crippen molar-refractivity contribution in [1.29, 1.82) is 0 Å². The summed E-state index contributed by atoms with van der Waals surface area (Å²) in [6, 6.07) is 5.10. The molecule has 156 valence electrons. The molecular weight excluding hydrogens is 372 g/mol. The summed E-state index contributed by atoms with van der Waals surface area (Å²) in [5.41, 5.74) is 0.867. The zero-order chi connectivity index (χ0) is 20.5. The van der Waals surface area contributed by atoms with Crippen LogP contribution < -0.4 is 16.2 Å². The van der Waals surface area contributed by atoms with Crippen molar-refractivity contribution in [3.8, 4) is 0 Å². The summed E-state index contributed by atoms with van der Waals surface area (Å²) in [6.07, 6.45) is 3.85. The van der Waals surface area contributed by atoms with E-state index in [2.05, 4.69) is 10.6 Å². The molecule has 0 unspecified atom stereocenters. The number of carbonyl (C=O) groups is 3. The molecule has 8 heteroatoms. The Morgan fingerprint density at radius 1 is 1.14 bits per heavy atom. The molecule has 0 radical (unpaired) electrons. The van der Waals surface area contributed by atoms with E-state index < -0.39 is 0 Å². The molecule has 3 heterocycles. The van der Waals surface area contributed by atoms with E-state index >= 15 is 0 Å². The van der Waals surface area contributed by atoms with Crippen LogP contribution in [0.2, 0.25) is 0 Å². The molecule has 1 aliphatic carbocycles. The number of likely N-dealkylation sites (tertiary alicyclic amines) is 1. The van der Waals surface area contributed by atoms with Gasteiger partial charge in [0.25, 0.3) is 5.56 Å². The van der Waals surface area contributed by atoms with Gasteiger partial charge in [-0.05, 0) is 31.2 Å². The first kappa shape index (κ1) is 19.7. The van der Waals surface area contributed by atoms with E-state index in [0.717, 1.165) is 31.4 Å². The van der Waals surface area contributed by atoms with Crippen molar-refractivity contribution in [1.82, 2.24) is 20.1 Å². The van der Waals surface area contributed by atoms with Gasteiger partial charge in [-0.3, -0.25) is 19.2 Å². The zero-order valence-electron chi connectivity index (χ0n) is 16.7. The highest BCUT2D eigenvalue weighted by molar-refractivity contribution is 5.83. The van der Waals surface area contributed by atoms with Crippen molar-refractivity contribution < 1.29 is 14.4 Å². The Morgan fingerprint density at radius 2 is 1.93 bits per heavy atom. The van der Waals surface area contributed by atoms with E-state index in [1.54, 1.807) is 17.0 Å². The second-order valence-corrected chi connectivity index (χ2v) is 8.50. The van der Waals surface area contributed by atoms with Crippen molar-refractivity contribution in [2.24, 2.45) is 11.8 Å². The van der Waals surface area contributed by atoms with Crippen molar-refractivity contribution in [3.05, 3.63) is 34.2 Å². The monoisotopic (exact) mass is 400 g/mol. The van der Waals surface area contributed by atoms with Crippen molar-refractivity contribution in [2.45, 2.75) is 44.6 Å². The van der Waals surface area contributed by atoms with Crippen LogP contribution in [0.5, 0.6) is 0 Å². The number of rotatable bonds is 5. The van der Waals surface area contributed by atoms with Gasteiger partial charge in [-0.2, -0.15) is 0 Å². The second-order valence-electron chi connectivity index (χ2n) is 8.50. The third-order valence-electron chi connectivity index (χ3n) is 6.60. The molecule has 3 atom stereocenters. The molecule has 8 nitrogen and oxygen atoms in total. The molecule has 2 bridgehead atoms. The highest BCUT2D eigenvalue weighted by atomic mass is 16.2. The summed E-state index contributed by atoms with van der Waals surface area (Å²) in [5, 5.41) is 5.62. The van der Waals surface area contributed by atoms with Gasteiger partial charge in [0.05, 0.1) is 12.6 Å². The minimum Gasteiger partial charge on any atom is -0.354 e. The van der Waals surface area contributed by atoms with Crippen LogP contribution in [-0.2, 0) is 14.4 Å². The maximum Gasteiger partial charge on any atom is 0.251 e. The summed E-state index contributed by atoms with van der Waals surface area (Å²) in [5.74, 6) is -0.00607. The number of aromatic nitrogens is 1. The van der Waals surface area contributed by atoms with E-state index in [1.165, 1.54) is 6.92 Å². The van der Waals surface area contributed by atoms with Gasteiger partial charge < -0.3 is 20.1 Å². The first-order valence-electron chi connectivity index (χ1n) is 10.5. The Bertz CT molecular complexity index is 876. The van der Waals surface area contributed by atoms with Gasteiger partial charge in [0, 0.05) is 50.2 Å². The van der Waals surface area contributed by atoms with Crippen LogP contribution in [0.3, 0.4) is 0 Å². The molecule has 2 fully saturated rings. The normalized spacial score (nSPS) is 25.6. The lowest BCUT2D eigenvalue weighted by molar-refractivity contribution is -0.135. The molecule has 4 rings (SSSR count). The fourth-order valence-electron chi connectivity index (χ4n) is 4.84. The lowest BCUT2D eigenvalue weighted by Crippen LogP contribution is -2.54. The van der Waals surface area contributed by atoms with E-state index in [-0.39, 0.29) is 53.6 Å². The number of hydrogen-bond donors (Lipinski definition) is 2. The molecular formula is C21H28N4O4.